The van der Waals surface area contributed by atoms with E-state index < -0.39 is 146 Å². The number of carboxylic acids is 5. The summed E-state index contributed by atoms with van der Waals surface area (Å²) in [6.45, 7) is 2.53. The molecular formula is C35H46N8O16. The summed E-state index contributed by atoms with van der Waals surface area (Å²) in [5, 5.41) is 60.7. The van der Waals surface area contributed by atoms with Crippen LogP contribution in [0.15, 0.2) is 30.5 Å². The van der Waals surface area contributed by atoms with E-state index in [2.05, 4.69) is 26.3 Å². The standard InChI is InChI=1S/C35H46N8O16/c1-15(36)29(52)38-16(2)30(53)39-20(7-9-25(44)45)31(54)41-23(13-28(50)51)34(57)42-22(12-27(48)49)33(56)40-21(8-10-26(46)47)32(55)43-24(35(58)59)11-17-14-37-19-6-4-3-5-18(17)19/h3-6,14-16,20-24,37H,7-13,36H2,1-2H3,(H,38,52)(H,39,53)(H,40,56)(H,41,54)(H,42,57)(H,43,55)(H,44,45)(H,46,47)(H,48,49)(H,50,51)(H,58,59)/t15-,16-,20-,21-,22-,23-,24-/m0/s1. The maximum atomic E-state index is 13.4. The molecule has 2 aromatic rings. The van der Waals surface area contributed by atoms with Gasteiger partial charge in [-0.15, -0.1) is 0 Å². The van der Waals surface area contributed by atoms with Gasteiger partial charge < -0.3 is 68.2 Å². The lowest BCUT2D eigenvalue weighted by molar-refractivity contribution is -0.144. The molecular weight excluding hydrogens is 788 g/mol. The molecule has 0 fully saturated rings. The number of para-hydroxylation sites is 1. The molecule has 1 heterocycles. The minimum absolute atomic E-state index is 0.261. The lowest BCUT2D eigenvalue weighted by Crippen LogP contribution is -2.60. The third kappa shape index (κ3) is 16.1. The third-order valence-electron chi connectivity index (χ3n) is 8.46. The number of hydrogen-bond acceptors (Lipinski definition) is 12. The number of amides is 6. The number of rotatable bonds is 25. The van der Waals surface area contributed by atoms with Crippen LogP contribution in [0.1, 0.15) is 57.9 Å². The van der Waals surface area contributed by atoms with Gasteiger partial charge in [-0.05, 0) is 38.3 Å². The molecule has 0 radical (unpaired) electrons. The number of aromatic amines is 1. The number of aliphatic carboxylic acids is 5. The Kier molecular flexibility index (Phi) is 18.4. The number of nitrogens with two attached hydrogens (primary N) is 1. The first kappa shape index (κ1) is 48.0. The van der Waals surface area contributed by atoms with E-state index in [0.717, 1.165) is 0 Å². The topological polar surface area (TPSA) is 403 Å². The summed E-state index contributed by atoms with van der Waals surface area (Å²) in [5.74, 6) is -14.9. The van der Waals surface area contributed by atoms with Crippen LogP contribution in [0, 0.1) is 0 Å². The smallest absolute Gasteiger partial charge is 0.326 e. The van der Waals surface area contributed by atoms with Crippen LogP contribution in [0.2, 0.25) is 0 Å². The van der Waals surface area contributed by atoms with Crippen LogP contribution in [-0.2, 0) is 59.2 Å². The number of carbonyl (C=O) groups excluding carboxylic acids is 6. The van der Waals surface area contributed by atoms with E-state index in [1.807, 2.05) is 10.6 Å². The maximum absolute atomic E-state index is 13.4. The van der Waals surface area contributed by atoms with Crippen LogP contribution in [0.3, 0.4) is 0 Å². The number of H-pyrrole nitrogens is 1. The molecule has 24 heteroatoms. The van der Waals surface area contributed by atoms with Gasteiger partial charge >= 0.3 is 29.8 Å². The van der Waals surface area contributed by atoms with E-state index in [4.69, 9.17) is 10.8 Å². The number of aromatic nitrogens is 1. The van der Waals surface area contributed by atoms with Crippen molar-refractivity contribution in [2.45, 2.75) is 101 Å². The molecule has 0 unspecified atom stereocenters. The van der Waals surface area contributed by atoms with Gasteiger partial charge in [0.15, 0.2) is 0 Å². The quantitative estimate of drug-likeness (QED) is 0.0467. The molecule has 0 spiro atoms. The number of benzene rings is 1. The number of hydrogen-bond donors (Lipinski definition) is 13. The van der Waals surface area contributed by atoms with E-state index in [9.17, 15) is 73.2 Å². The Morgan fingerprint density at radius 1 is 0.559 bits per heavy atom. The van der Waals surface area contributed by atoms with Gasteiger partial charge in [-0.3, -0.25) is 47.9 Å². The zero-order chi connectivity index (χ0) is 44.6. The van der Waals surface area contributed by atoms with Crippen LogP contribution < -0.4 is 37.6 Å². The first-order valence-electron chi connectivity index (χ1n) is 17.8. The zero-order valence-electron chi connectivity index (χ0n) is 31.7. The molecule has 0 aliphatic carbocycles. The van der Waals surface area contributed by atoms with Gasteiger partial charge in [0.05, 0.1) is 18.9 Å². The van der Waals surface area contributed by atoms with Crippen molar-refractivity contribution in [2.24, 2.45) is 5.73 Å². The predicted octanol–water partition coefficient (Wildman–Crippen LogP) is -3.25. The molecule has 322 valence electrons. The van der Waals surface area contributed by atoms with Crippen molar-refractivity contribution in [1.82, 2.24) is 36.9 Å². The van der Waals surface area contributed by atoms with E-state index in [1.165, 1.54) is 20.0 Å². The summed E-state index contributed by atoms with van der Waals surface area (Å²) < 4.78 is 0. The van der Waals surface area contributed by atoms with Crippen molar-refractivity contribution in [2.75, 3.05) is 0 Å². The average Bonchev–Trinajstić information content (AvgIpc) is 3.55. The monoisotopic (exact) mass is 834 g/mol. The minimum Gasteiger partial charge on any atom is -0.481 e. The molecule has 1 aromatic carbocycles. The number of carbonyl (C=O) groups is 11. The van der Waals surface area contributed by atoms with Crippen LogP contribution >= 0.6 is 0 Å². The summed E-state index contributed by atoms with van der Waals surface area (Å²) in [6.07, 6.45) is -3.86. The van der Waals surface area contributed by atoms with E-state index >= 15 is 0 Å². The molecule has 24 nitrogen and oxygen atoms in total. The van der Waals surface area contributed by atoms with Gasteiger partial charge in [0.2, 0.25) is 35.4 Å². The van der Waals surface area contributed by atoms with Crippen LogP contribution in [-0.4, -0.2) is 138 Å². The van der Waals surface area contributed by atoms with Crippen molar-refractivity contribution in [3.05, 3.63) is 36.0 Å². The van der Waals surface area contributed by atoms with Gasteiger partial charge in [-0.2, -0.15) is 0 Å². The fraction of sp³-hybridized carbons (Fsp3) is 0.457. The Labute approximate surface area is 334 Å². The van der Waals surface area contributed by atoms with Crippen molar-refractivity contribution in [1.29, 1.82) is 0 Å². The lowest BCUT2D eigenvalue weighted by Gasteiger charge is -2.26. The van der Waals surface area contributed by atoms with E-state index in [0.29, 0.717) is 16.5 Å². The molecule has 0 bridgehead atoms. The summed E-state index contributed by atoms with van der Waals surface area (Å²) in [5.41, 5.74) is 6.62. The molecule has 59 heavy (non-hydrogen) atoms. The Bertz CT molecular complexity index is 1930. The molecule has 0 saturated heterocycles. The summed E-state index contributed by atoms with van der Waals surface area (Å²) >= 11 is 0. The van der Waals surface area contributed by atoms with Gasteiger partial charge in [-0.25, -0.2) is 4.79 Å². The molecule has 0 aliphatic heterocycles. The largest absolute Gasteiger partial charge is 0.481 e. The highest BCUT2D eigenvalue weighted by atomic mass is 16.4. The second-order valence-electron chi connectivity index (χ2n) is 13.3. The summed E-state index contributed by atoms with van der Waals surface area (Å²) in [7, 11) is 0. The first-order chi connectivity index (χ1) is 27.6. The summed E-state index contributed by atoms with van der Waals surface area (Å²) in [6, 6.07) is -4.87. The SMILES string of the molecule is C[C@H](N)C(=O)N[C@@H](C)C(=O)N[C@@H](CCC(=O)O)C(=O)N[C@@H](CC(=O)O)C(=O)N[C@@H](CC(=O)O)C(=O)N[C@@H](CCC(=O)O)C(=O)N[C@@H](Cc1c[nH]c2ccccc12)C(=O)O. The van der Waals surface area contributed by atoms with Crippen molar-refractivity contribution in [3.8, 4) is 0 Å². The van der Waals surface area contributed by atoms with Crippen LogP contribution in [0.25, 0.3) is 10.9 Å². The maximum Gasteiger partial charge on any atom is 0.326 e. The molecule has 7 atom stereocenters. The molecule has 0 saturated carbocycles. The predicted molar refractivity (Wildman–Crippen MR) is 199 cm³/mol. The molecule has 2 rings (SSSR count). The van der Waals surface area contributed by atoms with Gasteiger partial charge in [0, 0.05) is 36.4 Å². The van der Waals surface area contributed by atoms with E-state index in [-0.39, 0.29) is 6.42 Å². The number of fused-ring (bicyclic) bond motifs is 1. The van der Waals surface area contributed by atoms with Gasteiger partial charge in [0.1, 0.15) is 36.3 Å². The minimum atomic E-state index is -2.12. The Balaban J connectivity index is 2.32. The van der Waals surface area contributed by atoms with Gasteiger partial charge in [0.25, 0.3) is 0 Å². The summed E-state index contributed by atoms with van der Waals surface area (Å²) in [4.78, 5) is 139. The van der Waals surface area contributed by atoms with Crippen molar-refractivity contribution in [3.63, 3.8) is 0 Å². The second kappa shape index (κ2) is 22.6. The highest BCUT2D eigenvalue weighted by molar-refractivity contribution is 5.99. The molecule has 0 aliphatic rings. The van der Waals surface area contributed by atoms with Crippen LogP contribution in [0.4, 0.5) is 0 Å². The molecule has 14 N–H and O–H groups in total. The molecule has 6 amide bonds. The Morgan fingerprint density at radius 3 is 1.42 bits per heavy atom. The Hall–Kier alpha value is -7.11. The Morgan fingerprint density at radius 2 is 0.983 bits per heavy atom. The van der Waals surface area contributed by atoms with Crippen molar-refractivity contribution < 1.29 is 78.3 Å². The average molecular weight is 835 g/mol. The number of carboxylic acid groups (broad SMARTS) is 5. The fourth-order valence-electron chi connectivity index (χ4n) is 5.36. The lowest BCUT2D eigenvalue weighted by atomic mass is 10.0. The zero-order valence-corrected chi connectivity index (χ0v) is 31.7. The second-order valence-corrected chi connectivity index (χ2v) is 13.3. The van der Waals surface area contributed by atoms with Gasteiger partial charge in [-0.1, -0.05) is 18.2 Å². The fourth-order valence-corrected chi connectivity index (χ4v) is 5.36. The van der Waals surface area contributed by atoms with Crippen LogP contribution in [0.5, 0.6) is 0 Å². The van der Waals surface area contributed by atoms with E-state index in [1.54, 1.807) is 24.3 Å². The normalized spacial score (nSPS) is 14.4. The number of nitrogens with one attached hydrogen (secondary N) is 7. The highest BCUT2D eigenvalue weighted by Gasteiger charge is 2.35. The molecule has 1 aromatic heterocycles. The first-order valence-corrected chi connectivity index (χ1v) is 17.8. The third-order valence-corrected chi connectivity index (χ3v) is 8.46. The van der Waals surface area contributed by atoms with Crippen molar-refractivity contribution >= 4 is 76.2 Å². The highest BCUT2D eigenvalue weighted by Crippen LogP contribution is 2.19.